The average Bonchev–Trinajstić information content (AvgIpc) is 3.01. The summed E-state index contributed by atoms with van der Waals surface area (Å²) in [5.41, 5.74) is 2.73. The lowest BCUT2D eigenvalue weighted by atomic mass is 10.2. The van der Waals surface area contributed by atoms with E-state index in [1.807, 2.05) is 42.6 Å². The number of thiazole rings is 1. The van der Waals surface area contributed by atoms with Crippen LogP contribution in [0.3, 0.4) is 0 Å². The zero-order chi connectivity index (χ0) is 17.6. The molecule has 2 N–H and O–H groups in total. The van der Waals surface area contributed by atoms with Gasteiger partial charge in [-0.2, -0.15) is 0 Å². The van der Waals surface area contributed by atoms with Crippen LogP contribution in [0.1, 0.15) is 16.8 Å². The molecular weight excluding hydrogens is 356 g/mol. The lowest BCUT2D eigenvalue weighted by molar-refractivity contribution is -0.120. The first-order valence-corrected chi connectivity index (χ1v) is 9.00. The van der Waals surface area contributed by atoms with Crippen LogP contribution in [-0.2, 0) is 17.8 Å². The van der Waals surface area contributed by atoms with E-state index in [0.717, 1.165) is 22.6 Å². The minimum atomic E-state index is -0.0922. The number of hydrogen-bond acceptors (Lipinski definition) is 5. The van der Waals surface area contributed by atoms with Crippen LogP contribution in [0.5, 0.6) is 0 Å². The van der Waals surface area contributed by atoms with E-state index in [1.165, 1.54) is 11.3 Å². The summed E-state index contributed by atoms with van der Waals surface area (Å²) in [7, 11) is 0. The molecule has 0 radical (unpaired) electrons. The van der Waals surface area contributed by atoms with E-state index in [4.69, 9.17) is 11.6 Å². The van der Waals surface area contributed by atoms with Crippen molar-refractivity contribution in [3.63, 3.8) is 0 Å². The zero-order valence-electron chi connectivity index (χ0n) is 13.6. The van der Waals surface area contributed by atoms with E-state index in [9.17, 15) is 4.79 Å². The molecule has 3 rings (SSSR count). The summed E-state index contributed by atoms with van der Waals surface area (Å²) in [6.45, 7) is 2.41. The molecule has 0 spiro atoms. The highest BCUT2D eigenvalue weighted by atomic mass is 35.5. The van der Waals surface area contributed by atoms with E-state index < -0.39 is 0 Å². The number of aryl methyl sites for hydroxylation is 1. The van der Waals surface area contributed by atoms with Crippen molar-refractivity contribution < 1.29 is 4.79 Å². The van der Waals surface area contributed by atoms with E-state index in [-0.39, 0.29) is 12.3 Å². The SMILES string of the molecule is Cc1ccnc(Nc2nc(CC(=O)NCc3ccccc3Cl)cs2)c1. The molecule has 25 heavy (non-hydrogen) atoms. The van der Waals surface area contributed by atoms with Gasteiger partial charge in [0.1, 0.15) is 5.82 Å². The summed E-state index contributed by atoms with van der Waals surface area (Å²) in [5, 5.41) is 9.24. The number of amides is 1. The van der Waals surface area contributed by atoms with Crippen molar-refractivity contribution in [3.8, 4) is 0 Å². The van der Waals surface area contributed by atoms with Crippen LogP contribution in [0.15, 0.2) is 48.0 Å². The van der Waals surface area contributed by atoms with Gasteiger partial charge in [0.25, 0.3) is 0 Å². The second kappa shape index (κ2) is 8.09. The second-order valence-electron chi connectivity index (χ2n) is 5.53. The molecule has 3 aromatic rings. The lowest BCUT2D eigenvalue weighted by Gasteiger charge is -2.06. The van der Waals surface area contributed by atoms with Crippen molar-refractivity contribution in [3.05, 3.63) is 69.8 Å². The van der Waals surface area contributed by atoms with Crippen molar-refractivity contribution in [2.24, 2.45) is 0 Å². The number of rotatable bonds is 6. The number of carbonyl (C=O) groups excluding carboxylic acids is 1. The molecule has 7 heteroatoms. The minimum absolute atomic E-state index is 0.0922. The number of nitrogens with zero attached hydrogens (tertiary/aromatic N) is 2. The Bertz CT molecular complexity index is 881. The van der Waals surface area contributed by atoms with Gasteiger partial charge < -0.3 is 10.6 Å². The normalized spacial score (nSPS) is 10.5. The van der Waals surface area contributed by atoms with Gasteiger partial charge in [-0.3, -0.25) is 4.79 Å². The topological polar surface area (TPSA) is 66.9 Å². The Labute approximate surface area is 155 Å². The van der Waals surface area contributed by atoms with Crippen LogP contribution in [0.25, 0.3) is 0 Å². The Kier molecular flexibility index (Phi) is 5.63. The van der Waals surface area contributed by atoms with Crippen LogP contribution in [0.4, 0.5) is 10.9 Å². The van der Waals surface area contributed by atoms with E-state index in [0.29, 0.717) is 16.7 Å². The predicted molar refractivity (Wildman–Crippen MR) is 101 cm³/mol. The van der Waals surface area contributed by atoms with Gasteiger partial charge in [0, 0.05) is 23.1 Å². The van der Waals surface area contributed by atoms with Gasteiger partial charge in [0.05, 0.1) is 12.1 Å². The third-order valence-electron chi connectivity index (χ3n) is 3.48. The van der Waals surface area contributed by atoms with E-state index >= 15 is 0 Å². The summed E-state index contributed by atoms with van der Waals surface area (Å²) in [5.74, 6) is 0.648. The molecule has 0 unspecified atom stereocenters. The number of aromatic nitrogens is 2. The number of pyridine rings is 1. The fraction of sp³-hybridized carbons (Fsp3) is 0.167. The lowest BCUT2D eigenvalue weighted by Crippen LogP contribution is -2.24. The Morgan fingerprint density at radius 2 is 2.12 bits per heavy atom. The van der Waals surface area contributed by atoms with Gasteiger partial charge in [-0.15, -0.1) is 11.3 Å². The largest absolute Gasteiger partial charge is 0.352 e. The van der Waals surface area contributed by atoms with Crippen LogP contribution in [0.2, 0.25) is 5.02 Å². The molecule has 0 saturated carbocycles. The standard InChI is InChI=1S/C18H17ClN4OS/c1-12-6-7-20-16(8-12)23-18-22-14(11-25-18)9-17(24)21-10-13-4-2-3-5-15(13)19/h2-8,11H,9-10H2,1H3,(H,21,24)(H,20,22,23). The molecule has 0 atom stereocenters. The number of nitrogens with one attached hydrogen (secondary N) is 2. The first-order chi connectivity index (χ1) is 12.1. The number of carbonyl (C=O) groups is 1. The molecular formula is C18H17ClN4OS. The summed E-state index contributed by atoms with van der Waals surface area (Å²) in [4.78, 5) is 20.8. The Balaban J connectivity index is 1.54. The number of hydrogen-bond donors (Lipinski definition) is 2. The molecule has 0 aliphatic rings. The highest BCUT2D eigenvalue weighted by Crippen LogP contribution is 2.20. The molecule has 1 amide bonds. The van der Waals surface area contributed by atoms with Crippen molar-refractivity contribution in [2.75, 3.05) is 5.32 Å². The van der Waals surface area contributed by atoms with Crippen LogP contribution < -0.4 is 10.6 Å². The number of anilines is 2. The fourth-order valence-electron chi connectivity index (χ4n) is 2.22. The van der Waals surface area contributed by atoms with Gasteiger partial charge in [-0.05, 0) is 36.2 Å². The highest BCUT2D eigenvalue weighted by molar-refractivity contribution is 7.13. The third-order valence-corrected chi connectivity index (χ3v) is 4.65. The first-order valence-electron chi connectivity index (χ1n) is 7.74. The smallest absolute Gasteiger partial charge is 0.226 e. The van der Waals surface area contributed by atoms with Crippen molar-refractivity contribution >= 4 is 39.8 Å². The summed E-state index contributed by atoms with van der Waals surface area (Å²) >= 11 is 7.53. The van der Waals surface area contributed by atoms with E-state index in [1.54, 1.807) is 12.3 Å². The number of benzene rings is 1. The highest BCUT2D eigenvalue weighted by Gasteiger charge is 2.09. The van der Waals surface area contributed by atoms with Crippen LogP contribution >= 0.6 is 22.9 Å². The molecule has 0 saturated heterocycles. The van der Waals surface area contributed by atoms with Crippen LogP contribution in [-0.4, -0.2) is 15.9 Å². The van der Waals surface area contributed by atoms with Gasteiger partial charge in [-0.1, -0.05) is 29.8 Å². The molecule has 5 nitrogen and oxygen atoms in total. The third kappa shape index (κ3) is 5.01. The molecule has 0 aliphatic heterocycles. The maximum Gasteiger partial charge on any atom is 0.226 e. The first kappa shape index (κ1) is 17.4. The molecule has 2 aromatic heterocycles. The van der Waals surface area contributed by atoms with Crippen LogP contribution in [0, 0.1) is 6.92 Å². The van der Waals surface area contributed by atoms with Crippen molar-refractivity contribution in [2.45, 2.75) is 19.9 Å². The molecule has 0 fully saturated rings. The molecule has 2 heterocycles. The fourth-order valence-corrected chi connectivity index (χ4v) is 3.14. The molecule has 1 aromatic carbocycles. The minimum Gasteiger partial charge on any atom is -0.352 e. The monoisotopic (exact) mass is 372 g/mol. The average molecular weight is 373 g/mol. The van der Waals surface area contributed by atoms with Crippen molar-refractivity contribution in [1.29, 1.82) is 0 Å². The van der Waals surface area contributed by atoms with E-state index in [2.05, 4.69) is 20.6 Å². The molecule has 128 valence electrons. The van der Waals surface area contributed by atoms with Gasteiger partial charge in [0.2, 0.25) is 5.91 Å². The Morgan fingerprint density at radius 3 is 2.92 bits per heavy atom. The quantitative estimate of drug-likeness (QED) is 0.683. The second-order valence-corrected chi connectivity index (χ2v) is 6.80. The summed E-state index contributed by atoms with van der Waals surface area (Å²) in [6.07, 6.45) is 1.97. The Hall–Kier alpha value is -2.44. The van der Waals surface area contributed by atoms with Crippen molar-refractivity contribution in [1.82, 2.24) is 15.3 Å². The summed E-state index contributed by atoms with van der Waals surface area (Å²) < 4.78 is 0. The van der Waals surface area contributed by atoms with Gasteiger partial charge in [0.15, 0.2) is 5.13 Å². The Morgan fingerprint density at radius 1 is 1.28 bits per heavy atom. The predicted octanol–water partition coefficient (Wildman–Crippen LogP) is 4.10. The van der Waals surface area contributed by atoms with Gasteiger partial charge in [-0.25, -0.2) is 9.97 Å². The molecule has 0 bridgehead atoms. The maximum absolute atomic E-state index is 12.1. The number of halogens is 1. The summed E-state index contributed by atoms with van der Waals surface area (Å²) in [6, 6.07) is 11.3. The zero-order valence-corrected chi connectivity index (χ0v) is 15.2. The maximum atomic E-state index is 12.1. The van der Waals surface area contributed by atoms with Gasteiger partial charge >= 0.3 is 0 Å². The molecule has 0 aliphatic carbocycles.